The monoisotopic (exact) mass is 593 g/mol. The molecule has 0 atom stereocenters. The summed E-state index contributed by atoms with van der Waals surface area (Å²) in [5, 5.41) is 3.52. The topological polar surface area (TPSA) is 46.0 Å². The maximum atomic E-state index is 5.34. The minimum Gasteiger partial charge on any atom is -0.385 e. The van der Waals surface area contributed by atoms with Crippen molar-refractivity contribution in [2.75, 3.05) is 11.4 Å². The Hall–Kier alpha value is -5.94. The fraction of sp³-hybridized carbons (Fsp3) is 0.0732. The molecule has 5 nitrogen and oxygen atoms in total. The number of benzene rings is 4. The van der Waals surface area contributed by atoms with Gasteiger partial charge in [0.25, 0.3) is 0 Å². The van der Waals surface area contributed by atoms with Gasteiger partial charge in [0.1, 0.15) is 5.82 Å². The third kappa shape index (κ3) is 4.24. The second-order valence-electron chi connectivity index (χ2n) is 11.8. The van der Waals surface area contributed by atoms with Gasteiger partial charge < -0.3 is 10.2 Å². The van der Waals surface area contributed by atoms with Crippen LogP contribution in [0.3, 0.4) is 0 Å². The second kappa shape index (κ2) is 10.9. The number of para-hydroxylation sites is 2. The summed E-state index contributed by atoms with van der Waals surface area (Å²) in [7, 11) is 0. The molecule has 1 aliphatic carbocycles. The average Bonchev–Trinajstić information content (AvgIpc) is 3.42. The van der Waals surface area contributed by atoms with Gasteiger partial charge in [-0.1, -0.05) is 109 Å². The Morgan fingerprint density at radius 1 is 0.696 bits per heavy atom. The third-order valence-corrected chi connectivity index (χ3v) is 9.09. The summed E-state index contributed by atoms with van der Waals surface area (Å²) in [6, 6.07) is 42.4. The zero-order chi connectivity index (χ0) is 30.5. The molecule has 6 aromatic rings. The molecule has 0 amide bonds. The molecule has 1 N–H and O–H groups in total. The number of rotatable bonds is 4. The van der Waals surface area contributed by atoms with Gasteiger partial charge in [-0.05, 0) is 43.3 Å². The van der Waals surface area contributed by atoms with E-state index in [9.17, 15) is 0 Å². The van der Waals surface area contributed by atoms with Crippen molar-refractivity contribution in [3.8, 4) is 39.7 Å². The summed E-state index contributed by atoms with van der Waals surface area (Å²) in [6.07, 6.45) is 10.9. The molecule has 4 heterocycles. The Labute approximate surface area is 268 Å². The van der Waals surface area contributed by atoms with Crippen LogP contribution in [0.15, 0.2) is 145 Å². The average molecular weight is 594 g/mol. The van der Waals surface area contributed by atoms with Crippen molar-refractivity contribution in [2.24, 2.45) is 0 Å². The van der Waals surface area contributed by atoms with Crippen molar-refractivity contribution in [2.45, 2.75) is 12.8 Å². The Morgan fingerprint density at radius 2 is 1.41 bits per heavy atom. The van der Waals surface area contributed by atoms with Gasteiger partial charge in [0, 0.05) is 50.8 Å². The van der Waals surface area contributed by atoms with E-state index in [1.54, 1.807) is 0 Å². The van der Waals surface area contributed by atoms with Crippen LogP contribution in [0.1, 0.15) is 23.2 Å². The number of aromatic nitrogens is 3. The first-order chi connectivity index (χ1) is 22.8. The number of nitrogens with one attached hydrogen (secondary N) is 1. The Balaban J connectivity index is 1.39. The Bertz CT molecular complexity index is 2130. The maximum Gasteiger partial charge on any atom is 0.162 e. The molecular weight excluding hydrogens is 562 g/mol. The van der Waals surface area contributed by atoms with E-state index in [0.29, 0.717) is 5.82 Å². The molecule has 2 aromatic heterocycles. The lowest BCUT2D eigenvalue weighted by Gasteiger charge is -2.31. The summed E-state index contributed by atoms with van der Waals surface area (Å²) in [6.45, 7) is 0.724. The molecule has 0 fully saturated rings. The van der Waals surface area contributed by atoms with Crippen LogP contribution < -0.4 is 10.2 Å². The van der Waals surface area contributed by atoms with E-state index in [1.165, 1.54) is 39.3 Å². The minimum absolute atomic E-state index is 0.717. The predicted octanol–water partition coefficient (Wildman–Crippen LogP) is 9.21. The Kier molecular flexibility index (Phi) is 6.27. The first kappa shape index (κ1) is 26.5. The van der Waals surface area contributed by atoms with Crippen LogP contribution in [0.4, 0.5) is 11.4 Å². The van der Waals surface area contributed by atoms with E-state index < -0.39 is 0 Å². The van der Waals surface area contributed by atoms with Gasteiger partial charge in [0.05, 0.1) is 29.3 Å². The van der Waals surface area contributed by atoms with Gasteiger partial charge in [0.2, 0.25) is 0 Å². The first-order valence-corrected chi connectivity index (χ1v) is 15.9. The highest BCUT2D eigenvalue weighted by molar-refractivity contribution is 6.01. The molecule has 0 unspecified atom stereocenters. The molecule has 220 valence electrons. The fourth-order valence-electron chi connectivity index (χ4n) is 7.09. The van der Waals surface area contributed by atoms with Gasteiger partial charge in [-0.2, -0.15) is 0 Å². The number of nitrogens with zero attached hydrogens (tertiary/aromatic N) is 4. The highest BCUT2D eigenvalue weighted by Gasteiger charge is 2.35. The van der Waals surface area contributed by atoms with Gasteiger partial charge in [-0.3, -0.25) is 4.57 Å². The van der Waals surface area contributed by atoms with Crippen molar-refractivity contribution in [1.29, 1.82) is 0 Å². The first-order valence-electron chi connectivity index (χ1n) is 15.9. The molecule has 46 heavy (non-hydrogen) atoms. The van der Waals surface area contributed by atoms with Crippen molar-refractivity contribution in [3.05, 3.63) is 162 Å². The standard InChI is InChI=1S/C41H31N5/c1-4-14-28(15-5-1)34-26-38(44-41(43-34)29-16-6-2-7-17-29)46-35-22-12-10-20-31(35)39-32-24-25-42-27-37(32)45(30-18-8-3-9-19-30)36-23-13-11-21-33(36)40(39)46/h1-11,13-21,23-26,42H,12,22,27H2. The van der Waals surface area contributed by atoms with E-state index in [2.05, 4.69) is 136 Å². The molecule has 5 heteroatoms. The number of hydrogen-bond donors (Lipinski definition) is 1. The summed E-state index contributed by atoms with van der Waals surface area (Å²) in [4.78, 5) is 12.9. The second-order valence-corrected chi connectivity index (χ2v) is 11.8. The van der Waals surface area contributed by atoms with Crippen molar-refractivity contribution >= 4 is 23.0 Å². The van der Waals surface area contributed by atoms with Crippen molar-refractivity contribution in [3.63, 3.8) is 0 Å². The zero-order valence-electron chi connectivity index (χ0n) is 25.3. The summed E-state index contributed by atoms with van der Waals surface area (Å²) < 4.78 is 2.43. The van der Waals surface area contributed by atoms with Gasteiger partial charge in [0.15, 0.2) is 5.82 Å². The number of anilines is 2. The predicted molar refractivity (Wildman–Crippen MR) is 188 cm³/mol. The van der Waals surface area contributed by atoms with Gasteiger partial charge in [-0.25, -0.2) is 9.97 Å². The lowest BCUT2D eigenvalue weighted by Crippen LogP contribution is -2.27. The summed E-state index contributed by atoms with van der Waals surface area (Å²) >= 11 is 0. The van der Waals surface area contributed by atoms with Crippen LogP contribution in [0.2, 0.25) is 0 Å². The molecule has 0 radical (unpaired) electrons. The van der Waals surface area contributed by atoms with Crippen LogP contribution in [0, 0.1) is 0 Å². The maximum absolute atomic E-state index is 5.34. The smallest absolute Gasteiger partial charge is 0.162 e. The number of dihydropyridines is 1. The van der Waals surface area contributed by atoms with Crippen LogP contribution in [-0.2, 0) is 6.42 Å². The molecule has 0 bridgehead atoms. The molecule has 9 rings (SSSR count). The highest BCUT2D eigenvalue weighted by Crippen LogP contribution is 2.51. The van der Waals surface area contributed by atoms with Crippen LogP contribution in [0.5, 0.6) is 0 Å². The molecule has 0 saturated carbocycles. The van der Waals surface area contributed by atoms with Crippen molar-refractivity contribution in [1.82, 2.24) is 19.9 Å². The SMILES string of the molecule is C1=Cc2c3c(n(-c4cc(-c5ccccc5)nc(-c5ccccc5)n4)c2CC1)-c1ccccc1N(c1ccccc1)C1=C3C=CNC1. The Morgan fingerprint density at radius 3 is 2.22 bits per heavy atom. The molecule has 4 aromatic carbocycles. The normalized spacial score (nSPS) is 14.6. The van der Waals surface area contributed by atoms with E-state index in [4.69, 9.17) is 9.97 Å². The zero-order valence-corrected chi connectivity index (χ0v) is 25.3. The molecule has 2 aliphatic heterocycles. The largest absolute Gasteiger partial charge is 0.385 e. The number of fused-ring (bicyclic) bond motifs is 6. The van der Waals surface area contributed by atoms with E-state index in [0.717, 1.165) is 53.4 Å². The molecule has 0 spiro atoms. The van der Waals surface area contributed by atoms with Crippen LogP contribution in [0.25, 0.3) is 51.4 Å². The van der Waals surface area contributed by atoms with E-state index >= 15 is 0 Å². The summed E-state index contributed by atoms with van der Waals surface area (Å²) in [5.41, 5.74) is 13.9. The quantitative estimate of drug-likeness (QED) is 0.221. The lowest BCUT2D eigenvalue weighted by atomic mass is 9.92. The van der Waals surface area contributed by atoms with E-state index in [-0.39, 0.29) is 0 Å². The van der Waals surface area contributed by atoms with Gasteiger partial charge in [-0.15, -0.1) is 0 Å². The molecule has 3 aliphatic rings. The molecular formula is C41H31N5. The highest BCUT2D eigenvalue weighted by atomic mass is 15.2. The third-order valence-electron chi connectivity index (χ3n) is 9.09. The number of hydrogen-bond acceptors (Lipinski definition) is 4. The van der Waals surface area contributed by atoms with E-state index in [1.807, 2.05) is 24.3 Å². The van der Waals surface area contributed by atoms with Crippen LogP contribution in [-0.4, -0.2) is 21.1 Å². The van der Waals surface area contributed by atoms with Crippen molar-refractivity contribution < 1.29 is 0 Å². The molecule has 0 saturated heterocycles. The fourth-order valence-corrected chi connectivity index (χ4v) is 7.09. The van der Waals surface area contributed by atoms with Gasteiger partial charge >= 0.3 is 0 Å². The lowest BCUT2D eigenvalue weighted by molar-refractivity contribution is 0.857. The minimum atomic E-state index is 0.717. The van der Waals surface area contributed by atoms with Crippen LogP contribution >= 0.6 is 0 Å². The number of allylic oxidation sites excluding steroid dienone is 3. The summed E-state index contributed by atoms with van der Waals surface area (Å²) in [5.74, 6) is 1.59.